The predicted octanol–water partition coefficient (Wildman–Crippen LogP) is 4.48. The lowest BCUT2D eigenvalue weighted by atomic mass is 9.96. The zero-order chi connectivity index (χ0) is 18.0. The minimum absolute atomic E-state index is 0.0110. The molecule has 2 aromatic rings. The number of hydrogen-bond donors (Lipinski definition) is 1. The Morgan fingerprint density at radius 2 is 1.80 bits per heavy atom. The molecule has 1 aliphatic heterocycles. The molecule has 0 saturated heterocycles. The van der Waals surface area contributed by atoms with Gasteiger partial charge in [-0.25, -0.2) is 0 Å². The number of hydrogen-bond acceptors (Lipinski definition) is 3. The lowest BCUT2D eigenvalue weighted by molar-refractivity contribution is -0.115. The largest absolute Gasteiger partial charge is 0.512 e. The van der Waals surface area contributed by atoms with Crippen molar-refractivity contribution in [3.63, 3.8) is 0 Å². The Morgan fingerprint density at radius 3 is 2.44 bits per heavy atom. The first-order chi connectivity index (χ1) is 12.0. The number of nitrogens with zero attached hydrogens (tertiary/aromatic N) is 1. The second-order valence-electron chi connectivity index (χ2n) is 6.06. The van der Waals surface area contributed by atoms with Crippen LogP contribution in [0.25, 0.3) is 0 Å². The number of rotatable bonds is 3. The third-order valence-corrected chi connectivity index (χ3v) is 4.33. The van der Waals surface area contributed by atoms with E-state index >= 15 is 0 Å². The molecule has 1 aliphatic rings. The number of ether oxygens (including phenoxy) is 1. The maximum Gasteiger partial charge on any atom is 0.262 e. The summed E-state index contributed by atoms with van der Waals surface area (Å²) in [6, 6.07) is 15.1. The second kappa shape index (κ2) is 6.85. The van der Waals surface area contributed by atoms with Crippen LogP contribution < -0.4 is 9.64 Å². The van der Waals surface area contributed by atoms with Gasteiger partial charge in [-0.2, -0.15) is 0 Å². The van der Waals surface area contributed by atoms with Crippen LogP contribution >= 0.6 is 0 Å². The fraction of sp³-hybridized carbons (Fsp3) is 0.190. The average Bonchev–Trinajstić information content (AvgIpc) is 2.62. The average molecular weight is 335 g/mol. The van der Waals surface area contributed by atoms with E-state index in [9.17, 15) is 9.90 Å². The van der Waals surface area contributed by atoms with Crippen molar-refractivity contribution in [1.29, 1.82) is 0 Å². The number of para-hydroxylation sites is 1. The molecule has 4 heteroatoms. The fourth-order valence-electron chi connectivity index (χ4n) is 3.01. The van der Waals surface area contributed by atoms with E-state index < -0.39 is 0 Å². The van der Waals surface area contributed by atoms with E-state index in [1.165, 1.54) is 6.92 Å². The van der Waals surface area contributed by atoms with Gasteiger partial charge in [0.2, 0.25) is 0 Å². The van der Waals surface area contributed by atoms with Gasteiger partial charge in [-0.3, -0.25) is 9.69 Å². The number of aliphatic hydroxyl groups is 1. The molecule has 4 nitrogen and oxygen atoms in total. The first-order valence-corrected chi connectivity index (χ1v) is 8.14. The van der Waals surface area contributed by atoms with Crippen LogP contribution in [0.5, 0.6) is 5.75 Å². The van der Waals surface area contributed by atoms with Crippen LogP contribution in [0.1, 0.15) is 24.1 Å². The van der Waals surface area contributed by atoms with Crippen molar-refractivity contribution in [2.75, 3.05) is 12.0 Å². The summed E-state index contributed by atoms with van der Waals surface area (Å²) in [4.78, 5) is 14.7. The van der Waals surface area contributed by atoms with Gasteiger partial charge in [0.15, 0.2) is 0 Å². The van der Waals surface area contributed by atoms with Crippen LogP contribution in [0.2, 0.25) is 0 Å². The van der Waals surface area contributed by atoms with E-state index in [1.807, 2.05) is 61.5 Å². The second-order valence-corrected chi connectivity index (χ2v) is 6.06. The van der Waals surface area contributed by atoms with E-state index in [0.29, 0.717) is 5.57 Å². The molecule has 0 radical (unpaired) electrons. The minimum atomic E-state index is -0.311. The number of aliphatic hydroxyl groups excluding tert-OH is 1. The summed E-state index contributed by atoms with van der Waals surface area (Å²) < 4.78 is 5.48. The van der Waals surface area contributed by atoms with Gasteiger partial charge in [0.05, 0.1) is 18.7 Å². The summed E-state index contributed by atoms with van der Waals surface area (Å²) in [7, 11) is 1.62. The lowest BCUT2D eigenvalue weighted by Gasteiger charge is -2.34. The molecule has 1 heterocycles. The van der Waals surface area contributed by atoms with Gasteiger partial charge in [-0.05, 0) is 38.1 Å². The van der Waals surface area contributed by atoms with Crippen LogP contribution in [0.3, 0.4) is 0 Å². The molecule has 0 aliphatic carbocycles. The SMILES string of the molecule is COc1ccccc1C1C=C/C(=C(\C)O)C(=O)N1c1ccc(C)cc1. The predicted molar refractivity (Wildman–Crippen MR) is 98.9 cm³/mol. The van der Waals surface area contributed by atoms with Crippen molar-refractivity contribution in [1.82, 2.24) is 0 Å². The Kier molecular flexibility index (Phi) is 4.61. The topological polar surface area (TPSA) is 49.8 Å². The third-order valence-electron chi connectivity index (χ3n) is 4.33. The molecule has 25 heavy (non-hydrogen) atoms. The standard InChI is InChI=1S/C21H21NO3/c1-14-8-10-16(11-9-14)22-19(13-12-17(15(2)23)21(22)24)18-6-4-5-7-20(18)25-3/h4-13,19,23H,1-3H3/b17-15-. The molecule has 1 unspecified atom stereocenters. The Labute approximate surface area is 147 Å². The van der Waals surface area contributed by atoms with Crippen molar-refractivity contribution in [3.8, 4) is 5.75 Å². The molecule has 2 aromatic carbocycles. The normalized spacial score (nSPS) is 19.1. The number of amides is 1. The Balaban J connectivity index is 2.17. The molecular formula is C21H21NO3. The highest BCUT2D eigenvalue weighted by atomic mass is 16.5. The van der Waals surface area contributed by atoms with Crippen molar-refractivity contribution < 1.29 is 14.6 Å². The number of benzene rings is 2. The highest BCUT2D eigenvalue weighted by molar-refractivity contribution is 6.09. The summed E-state index contributed by atoms with van der Waals surface area (Å²) in [5.41, 5.74) is 3.08. The lowest BCUT2D eigenvalue weighted by Crippen LogP contribution is -2.38. The Morgan fingerprint density at radius 1 is 1.12 bits per heavy atom. The fourth-order valence-corrected chi connectivity index (χ4v) is 3.01. The van der Waals surface area contributed by atoms with Crippen LogP contribution in [0, 0.1) is 6.92 Å². The van der Waals surface area contributed by atoms with Crippen LogP contribution in [-0.4, -0.2) is 18.1 Å². The van der Waals surface area contributed by atoms with Gasteiger partial charge < -0.3 is 9.84 Å². The molecule has 0 fully saturated rings. The highest BCUT2D eigenvalue weighted by Crippen LogP contribution is 2.37. The van der Waals surface area contributed by atoms with Crippen molar-refractivity contribution >= 4 is 11.6 Å². The molecule has 1 amide bonds. The number of allylic oxidation sites excluding steroid dienone is 1. The maximum atomic E-state index is 13.1. The summed E-state index contributed by atoms with van der Waals surface area (Å²) in [6.07, 6.45) is 3.59. The molecule has 128 valence electrons. The Hall–Kier alpha value is -3.01. The summed E-state index contributed by atoms with van der Waals surface area (Å²) >= 11 is 0. The summed E-state index contributed by atoms with van der Waals surface area (Å²) in [5.74, 6) is 0.495. The maximum absolute atomic E-state index is 13.1. The van der Waals surface area contributed by atoms with Gasteiger partial charge in [0, 0.05) is 11.3 Å². The number of carbonyl (C=O) groups is 1. The van der Waals surface area contributed by atoms with Crippen LogP contribution in [-0.2, 0) is 4.79 Å². The van der Waals surface area contributed by atoms with E-state index in [4.69, 9.17) is 4.74 Å². The molecular weight excluding hydrogens is 314 g/mol. The number of carbonyl (C=O) groups excluding carboxylic acids is 1. The van der Waals surface area contributed by atoms with Crippen molar-refractivity contribution in [3.05, 3.63) is 83.1 Å². The van der Waals surface area contributed by atoms with Gasteiger partial charge in [0.25, 0.3) is 5.91 Å². The van der Waals surface area contributed by atoms with Gasteiger partial charge >= 0.3 is 0 Å². The number of anilines is 1. The first-order valence-electron chi connectivity index (χ1n) is 8.14. The minimum Gasteiger partial charge on any atom is -0.512 e. The van der Waals surface area contributed by atoms with E-state index in [1.54, 1.807) is 18.1 Å². The molecule has 0 saturated carbocycles. The quantitative estimate of drug-likeness (QED) is 0.664. The molecule has 1 N–H and O–H groups in total. The van der Waals surface area contributed by atoms with E-state index in [-0.39, 0.29) is 17.7 Å². The zero-order valence-corrected chi connectivity index (χ0v) is 14.6. The monoisotopic (exact) mass is 335 g/mol. The van der Waals surface area contributed by atoms with Crippen LogP contribution in [0.4, 0.5) is 5.69 Å². The summed E-state index contributed by atoms with van der Waals surface area (Å²) in [6.45, 7) is 3.52. The van der Waals surface area contributed by atoms with E-state index in [2.05, 4.69) is 0 Å². The number of methoxy groups -OCH3 is 1. The van der Waals surface area contributed by atoms with Crippen LogP contribution in [0.15, 0.2) is 72.0 Å². The Bertz CT molecular complexity index is 846. The van der Waals surface area contributed by atoms with Gasteiger partial charge in [-0.1, -0.05) is 42.0 Å². The zero-order valence-electron chi connectivity index (χ0n) is 14.6. The van der Waals surface area contributed by atoms with E-state index in [0.717, 1.165) is 22.6 Å². The van der Waals surface area contributed by atoms with Crippen molar-refractivity contribution in [2.45, 2.75) is 19.9 Å². The molecule has 0 bridgehead atoms. The molecule has 0 spiro atoms. The molecule has 1 atom stereocenters. The van der Waals surface area contributed by atoms with Gasteiger partial charge in [0.1, 0.15) is 11.5 Å². The summed E-state index contributed by atoms with van der Waals surface area (Å²) in [5, 5.41) is 9.87. The van der Waals surface area contributed by atoms with Gasteiger partial charge in [-0.15, -0.1) is 0 Å². The third kappa shape index (κ3) is 3.15. The molecule has 3 rings (SSSR count). The van der Waals surface area contributed by atoms with Crippen molar-refractivity contribution in [2.24, 2.45) is 0 Å². The highest BCUT2D eigenvalue weighted by Gasteiger charge is 2.32. The molecule has 0 aromatic heterocycles. The number of aryl methyl sites for hydroxylation is 1. The smallest absolute Gasteiger partial charge is 0.262 e. The first kappa shape index (κ1) is 16.8.